The van der Waals surface area contributed by atoms with Crippen molar-refractivity contribution in [3.63, 3.8) is 0 Å². The summed E-state index contributed by atoms with van der Waals surface area (Å²) in [7, 11) is 1.69. The summed E-state index contributed by atoms with van der Waals surface area (Å²) in [6, 6.07) is 21.8. The molecule has 3 aromatic rings. The van der Waals surface area contributed by atoms with E-state index in [0.29, 0.717) is 12.6 Å². The molecule has 2 heterocycles. The minimum atomic E-state index is -0.221. The van der Waals surface area contributed by atoms with E-state index in [-0.39, 0.29) is 5.82 Å². The molecule has 2 aliphatic heterocycles. The Balaban J connectivity index is 1.35. The van der Waals surface area contributed by atoms with Gasteiger partial charge in [-0.05, 0) is 60.9 Å². The van der Waals surface area contributed by atoms with Crippen LogP contribution in [0.1, 0.15) is 17.5 Å². The van der Waals surface area contributed by atoms with E-state index in [9.17, 15) is 4.39 Å². The third kappa shape index (κ3) is 4.10. The molecule has 1 saturated heterocycles. The van der Waals surface area contributed by atoms with Gasteiger partial charge >= 0.3 is 0 Å². The lowest BCUT2D eigenvalue weighted by Gasteiger charge is -2.32. The number of hydrogen-bond donors (Lipinski definition) is 0. The second-order valence-corrected chi connectivity index (χ2v) is 8.24. The Morgan fingerprint density at radius 1 is 1.03 bits per heavy atom. The van der Waals surface area contributed by atoms with E-state index in [1.165, 1.54) is 5.56 Å². The topological polar surface area (TPSA) is 24.9 Å². The van der Waals surface area contributed by atoms with Gasteiger partial charge in [0.2, 0.25) is 0 Å². The molecule has 1 atom stereocenters. The SMILES string of the molecule is COc1ccc(CCN2CCC(N3c4ccc(F)cc4COc4ccccc43)C2)cc1. The summed E-state index contributed by atoms with van der Waals surface area (Å²) in [5, 5.41) is 0. The van der Waals surface area contributed by atoms with Crippen LogP contribution in [0.2, 0.25) is 0 Å². The maximum Gasteiger partial charge on any atom is 0.143 e. The number of para-hydroxylation sites is 2. The molecule has 0 saturated carbocycles. The molecule has 0 spiro atoms. The lowest BCUT2D eigenvalue weighted by atomic mass is 10.1. The van der Waals surface area contributed by atoms with Gasteiger partial charge in [0.05, 0.1) is 12.8 Å². The Morgan fingerprint density at radius 3 is 2.71 bits per heavy atom. The van der Waals surface area contributed by atoms with Crippen LogP contribution in [0.4, 0.5) is 15.8 Å². The third-order valence-corrected chi connectivity index (χ3v) is 6.30. The molecule has 0 bridgehead atoms. The molecule has 5 heteroatoms. The molecule has 0 radical (unpaired) electrons. The molecule has 31 heavy (non-hydrogen) atoms. The van der Waals surface area contributed by atoms with E-state index >= 15 is 0 Å². The maximum atomic E-state index is 13.9. The molecule has 1 unspecified atom stereocenters. The first kappa shape index (κ1) is 19.9. The number of fused-ring (bicyclic) bond motifs is 2. The first-order valence-corrected chi connectivity index (χ1v) is 10.9. The second-order valence-electron chi connectivity index (χ2n) is 8.24. The Labute approximate surface area is 182 Å². The Morgan fingerprint density at radius 2 is 1.87 bits per heavy atom. The average Bonchev–Trinajstić information content (AvgIpc) is 3.20. The van der Waals surface area contributed by atoms with E-state index in [1.807, 2.05) is 36.4 Å². The summed E-state index contributed by atoms with van der Waals surface area (Å²) in [6.07, 6.45) is 2.08. The predicted molar refractivity (Wildman–Crippen MR) is 121 cm³/mol. The zero-order valence-electron chi connectivity index (χ0n) is 17.8. The van der Waals surface area contributed by atoms with Crippen molar-refractivity contribution in [3.05, 3.63) is 83.7 Å². The molecule has 4 nitrogen and oxygen atoms in total. The standard InChI is InChI=1S/C26H27FN2O2/c1-30-23-9-6-19(7-10-23)12-14-28-15-13-22(17-28)29-24-11-8-21(27)16-20(24)18-31-26-5-3-2-4-25(26)29/h2-11,16,22H,12-15,17-18H2,1H3. The van der Waals surface area contributed by atoms with Crippen molar-refractivity contribution in [3.8, 4) is 11.5 Å². The fraction of sp³-hybridized carbons (Fsp3) is 0.308. The summed E-state index contributed by atoms with van der Waals surface area (Å²) in [6.45, 7) is 3.43. The molecular weight excluding hydrogens is 391 g/mol. The van der Waals surface area contributed by atoms with Gasteiger partial charge in [0.1, 0.15) is 23.9 Å². The number of nitrogens with zero attached hydrogens (tertiary/aromatic N) is 2. The monoisotopic (exact) mass is 418 g/mol. The molecule has 0 amide bonds. The van der Waals surface area contributed by atoms with E-state index in [4.69, 9.17) is 9.47 Å². The van der Waals surface area contributed by atoms with Crippen molar-refractivity contribution >= 4 is 11.4 Å². The largest absolute Gasteiger partial charge is 0.497 e. The molecule has 0 aromatic heterocycles. The van der Waals surface area contributed by atoms with Gasteiger partial charge in [-0.1, -0.05) is 24.3 Å². The minimum absolute atomic E-state index is 0.221. The van der Waals surface area contributed by atoms with Crippen molar-refractivity contribution < 1.29 is 13.9 Å². The van der Waals surface area contributed by atoms with Crippen molar-refractivity contribution in [1.82, 2.24) is 4.90 Å². The van der Waals surface area contributed by atoms with Crippen LogP contribution in [0, 0.1) is 5.82 Å². The first-order valence-electron chi connectivity index (χ1n) is 10.9. The fourth-order valence-corrected chi connectivity index (χ4v) is 4.67. The molecule has 0 aliphatic carbocycles. The van der Waals surface area contributed by atoms with Gasteiger partial charge in [0, 0.05) is 36.9 Å². The third-order valence-electron chi connectivity index (χ3n) is 6.30. The number of likely N-dealkylation sites (tertiary alicyclic amines) is 1. The van der Waals surface area contributed by atoms with Crippen molar-refractivity contribution in [2.75, 3.05) is 31.6 Å². The highest BCUT2D eigenvalue weighted by Crippen LogP contribution is 2.42. The molecular formula is C26H27FN2O2. The van der Waals surface area contributed by atoms with Crippen LogP contribution >= 0.6 is 0 Å². The lowest BCUT2D eigenvalue weighted by Crippen LogP contribution is -2.35. The molecule has 0 N–H and O–H groups in total. The van der Waals surface area contributed by atoms with Gasteiger partial charge < -0.3 is 19.3 Å². The van der Waals surface area contributed by atoms with Gasteiger partial charge in [0.15, 0.2) is 0 Å². The smallest absolute Gasteiger partial charge is 0.143 e. The quantitative estimate of drug-likeness (QED) is 0.570. The van der Waals surface area contributed by atoms with Crippen LogP contribution < -0.4 is 14.4 Å². The van der Waals surface area contributed by atoms with Crippen LogP contribution in [0.5, 0.6) is 11.5 Å². The first-order chi connectivity index (χ1) is 15.2. The van der Waals surface area contributed by atoms with Gasteiger partial charge in [-0.2, -0.15) is 0 Å². The van der Waals surface area contributed by atoms with Crippen LogP contribution in [-0.4, -0.2) is 37.7 Å². The van der Waals surface area contributed by atoms with Crippen LogP contribution in [0.3, 0.4) is 0 Å². The molecule has 160 valence electrons. The molecule has 2 aliphatic rings. The molecule has 3 aromatic carbocycles. The normalized spacial score (nSPS) is 18.1. The van der Waals surface area contributed by atoms with Gasteiger partial charge in [-0.15, -0.1) is 0 Å². The summed E-state index contributed by atoms with van der Waals surface area (Å²) < 4.78 is 25.2. The summed E-state index contributed by atoms with van der Waals surface area (Å²) in [4.78, 5) is 4.89. The number of hydrogen-bond acceptors (Lipinski definition) is 4. The van der Waals surface area contributed by atoms with Crippen LogP contribution in [0.15, 0.2) is 66.7 Å². The number of rotatable bonds is 5. The zero-order valence-corrected chi connectivity index (χ0v) is 17.8. The fourth-order valence-electron chi connectivity index (χ4n) is 4.67. The highest BCUT2D eigenvalue weighted by molar-refractivity contribution is 5.73. The number of halogens is 1. The Bertz CT molecular complexity index is 1050. The van der Waals surface area contributed by atoms with Crippen molar-refractivity contribution in [1.29, 1.82) is 0 Å². The van der Waals surface area contributed by atoms with Crippen molar-refractivity contribution in [2.24, 2.45) is 0 Å². The summed E-state index contributed by atoms with van der Waals surface area (Å²) >= 11 is 0. The predicted octanol–water partition coefficient (Wildman–Crippen LogP) is 5.18. The van der Waals surface area contributed by atoms with Gasteiger partial charge in [0.25, 0.3) is 0 Å². The number of methoxy groups -OCH3 is 1. The Kier molecular flexibility index (Phi) is 5.51. The number of anilines is 2. The maximum absolute atomic E-state index is 13.9. The highest BCUT2D eigenvalue weighted by Gasteiger charge is 2.32. The van der Waals surface area contributed by atoms with Gasteiger partial charge in [-0.3, -0.25) is 0 Å². The molecule has 1 fully saturated rings. The van der Waals surface area contributed by atoms with E-state index < -0.39 is 0 Å². The van der Waals surface area contributed by atoms with Gasteiger partial charge in [-0.25, -0.2) is 4.39 Å². The zero-order chi connectivity index (χ0) is 21.2. The van der Waals surface area contributed by atoms with E-state index in [2.05, 4.69) is 28.0 Å². The van der Waals surface area contributed by atoms with Crippen molar-refractivity contribution in [2.45, 2.75) is 25.5 Å². The van der Waals surface area contributed by atoms with Crippen LogP contribution in [-0.2, 0) is 13.0 Å². The molecule has 5 rings (SSSR count). The van der Waals surface area contributed by atoms with Crippen LogP contribution in [0.25, 0.3) is 0 Å². The summed E-state index contributed by atoms with van der Waals surface area (Å²) in [5.41, 5.74) is 4.33. The lowest BCUT2D eigenvalue weighted by molar-refractivity contribution is 0.310. The highest BCUT2D eigenvalue weighted by atomic mass is 19.1. The average molecular weight is 419 g/mol. The number of ether oxygens (including phenoxy) is 2. The van der Waals surface area contributed by atoms with E-state index in [0.717, 1.165) is 60.9 Å². The second kappa shape index (κ2) is 8.60. The number of benzene rings is 3. The summed E-state index contributed by atoms with van der Waals surface area (Å²) in [5.74, 6) is 1.53. The Hall–Kier alpha value is -3.05. The minimum Gasteiger partial charge on any atom is -0.497 e. The van der Waals surface area contributed by atoms with E-state index in [1.54, 1.807) is 19.2 Å².